The van der Waals surface area contributed by atoms with Crippen LogP contribution in [-0.2, 0) is 11.2 Å². The van der Waals surface area contributed by atoms with Crippen molar-refractivity contribution in [2.24, 2.45) is 5.92 Å². The van der Waals surface area contributed by atoms with Crippen molar-refractivity contribution in [1.82, 2.24) is 5.32 Å². The molecule has 1 amide bonds. The van der Waals surface area contributed by atoms with Gasteiger partial charge in [0.05, 0.1) is 0 Å². The minimum absolute atomic E-state index is 0. The Hall–Kier alpha value is -1.06. The molecule has 3 rings (SSSR count). The molecule has 2 heterocycles. The van der Waals surface area contributed by atoms with Crippen molar-refractivity contribution in [2.75, 3.05) is 18.0 Å². The first-order chi connectivity index (χ1) is 9.65. The molecule has 116 valence electrons. The first-order valence-corrected chi connectivity index (χ1v) is 7.79. The lowest BCUT2D eigenvalue weighted by atomic mass is 9.90. The van der Waals surface area contributed by atoms with Crippen molar-refractivity contribution in [3.8, 4) is 0 Å². The first kappa shape index (κ1) is 16.3. The van der Waals surface area contributed by atoms with Crippen LogP contribution >= 0.6 is 12.4 Å². The van der Waals surface area contributed by atoms with Crippen LogP contribution in [0.5, 0.6) is 0 Å². The van der Waals surface area contributed by atoms with Crippen molar-refractivity contribution in [1.29, 1.82) is 0 Å². The highest BCUT2D eigenvalue weighted by Gasteiger charge is 2.31. The fourth-order valence-electron chi connectivity index (χ4n) is 3.49. The molecule has 0 radical (unpaired) electrons. The van der Waals surface area contributed by atoms with Crippen LogP contribution in [0.25, 0.3) is 0 Å². The van der Waals surface area contributed by atoms with Gasteiger partial charge in [-0.05, 0) is 63.3 Å². The molecule has 1 saturated heterocycles. The minimum Gasteiger partial charge on any atom is -0.314 e. The molecule has 0 saturated carbocycles. The maximum Gasteiger partial charge on any atom is 0.230 e. The molecule has 0 aromatic heterocycles. The lowest BCUT2D eigenvalue weighted by Gasteiger charge is -2.35. The fourth-order valence-corrected chi connectivity index (χ4v) is 3.49. The molecule has 21 heavy (non-hydrogen) atoms. The Bertz CT molecular complexity index is 518. The van der Waals surface area contributed by atoms with Gasteiger partial charge in [0.15, 0.2) is 0 Å². The number of rotatable bonds is 1. The van der Waals surface area contributed by atoms with E-state index in [1.54, 1.807) is 0 Å². The van der Waals surface area contributed by atoms with Gasteiger partial charge in [0.2, 0.25) is 5.91 Å². The summed E-state index contributed by atoms with van der Waals surface area (Å²) in [5.41, 5.74) is 3.73. The Kier molecular flexibility index (Phi) is 5.28. The predicted octanol–water partition coefficient (Wildman–Crippen LogP) is 3.08. The zero-order chi connectivity index (χ0) is 14.1. The van der Waals surface area contributed by atoms with Crippen LogP contribution in [0.4, 0.5) is 5.69 Å². The van der Waals surface area contributed by atoms with E-state index in [4.69, 9.17) is 0 Å². The lowest BCUT2D eigenvalue weighted by Crippen LogP contribution is -2.45. The normalized spacial score (nSPS) is 25.0. The molecule has 0 unspecified atom stereocenters. The van der Waals surface area contributed by atoms with E-state index in [1.165, 1.54) is 11.1 Å². The number of hydrogen-bond acceptors (Lipinski definition) is 2. The van der Waals surface area contributed by atoms with Gasteiger partial charge in [-0.1, -0.05) is 12.1 Å². The van der Waals surface area contributed by atoms with Crippen molar-refractivity contribution in [2.45, 2.75) is 45.6 Å². The van der Waals surface area contributed by atoms with Crippen LogP contribution < -0.4 is 10.2 Å². The van der Waals surface area contributed by atoms with Gasteiger partial charge in [0.25, 0.3) is 0 Å². The quantitative estimate of drug-likeness (QED) is 0.864. The zero-order valence-corrected chi connectivity index (χ0v) is 13.7. The second-order valence-corrected chi connectivity index (χ2v) is 6.30. The minimum atomic E-state index is 0. The third-order valence-electron chi connectivity index (χ3n) is 4.60. The number of nitrogens with one attached hydrogen (secondary N) is 1. The lowest BCUT2D eigenvalue weighted by molar-refractivity contribution is -0.123. The number of nitrogens with zero attached hydrogens (tertiary/aromatic N) is 1. The molecule has 2 aliphatic rings. The van der Waals surface area contributed by atoms with E-state index in [0.717, 1.165) is 44.5 Å². The molecular weight excluding hydrogens is 284 g/mol. The second kappa shape index (κ2) is 6.80. The highest BCUT2D eigenvalue weighted by atomic mass is 35.5. The summed E-state index contributed by atoms with van der Waals surface area (Å²) in [6, 6.07) is 6.98. The number of carbonyl (C=O) groups is 1. The number of carbonyl (C=O) groups excluding carboxylic acids is 1. The van der Waals surface area contributed by atoms with E-state index in [0.29, 0.717) is 11.9 Å². The van der Waals surface area contributed by atoms with Gasteiger partial charge >= 0.3 is 0 Å². The van der Waals surface area contributed by atoms with Crippen LogP contribution in [0, 0.1) is 12.8 Å². The number of halogens is 1. The van der Waals surface area contributed by atoms with Crippen molar-refractivity contribution in [3.05, 3.63) is 29.3 Å². The Morgan fingerprint density at radius 1 is 1.38 bits per heavy atom. The Labute approximate surface area is 133 Å². The highest BCUT2D eigenvalue weighted by molar-refractivity contribution is 5.96. The summed E-state index contributed by atoms with van der Waals surface area (Å²) in [7, 11) is 0. The van der Waals surface area contributed by atoms with E-state index in [1.807, 2.05) is 0 Å². The molecule has 3 nitrogen and oxygen atoms in total. The van der Waals surface area contributed by atoms with Crippen LogP contribution in [-0.4, -0.2) is 25.0 Å². The van der Waals surface area contributed by atoms with E-state index in [9.17, 15) is 4.79 Å². The van der Waals surface area contributed by atoms with Gasteiger partial charge in [0.1, 0.15) is 0 Å². The van der Waals surface area contributed by atoms with Crippen LogP contribution in [0.1, 0.15) is 37.3 Å². The van der Waals surface area contributed by atoms with E-state index < -0.39 is 0 Å². The van der Waals surface area contributed by atoms with Crippen LogP contribution in [0.3, 0.4) is 0 Å². The van der Waals surface area contributed by atoms with Crippen LogP contribution in [0.15, 0.2) is 18.2 Å². The van der Waals surface area contributed by atoms with E-state index in [-0.39, 0.29) is 18.3 Å². The molecule has 0 spiro atoms. The maximum absolute atomic E-state index is 12.9. The summed E-state index contributed by atoms with van der Waals surface area (Å²) in [4.78, 5) is 14.9. The molecule has 1 N–H and O–H groups in total. The number of benzene rings is 1. The third kappa shape index (κ3) is 3.41. The molecular formula is C17H25ClN2O. The first-order valence-electron chi connectivity index (χ1n) is 7.79. The van der Waals surface area contributed by atoms with Gasteiger partial charge in [-0.2, -0.15) is 0 Å². The monoisotopic (exact) mass is 308 g/mol. The Morgan fingerprint density at radius 3 is 2.95 bits per heavy atom. The number of hydrogen-bond donors (Lipinski definition) is 1. The smallest absolute Gasteiger partial charge is 0.230 e. The molecule has 0 aliphatic carbocycles. The summed E-state index contributed by atoms with van der Waals surface area (Å²) < 4.78 is 0. The van der Waals surface area contributed by atoms with Gasteiger partial charge in [-0.15, -0.1) is 12.4 Å². The molecule has 4 heteroatoms. The van der Waals surface area contributed by atoms with Crippen LogP contribution in [0.2, 0.25) is 0 Å². The van der Waals surface area contributed by atoms with Crippen molar-refractivity contribution < 1.29 is 4.79 Å². The molecule has 2 atom stereocenters. The third-order valence-corrected chi connectivity index (χ3v) is 4.60. The van der Waals surface area contributed by atoms with Gasteiger partial charge in [-0.3, -0.25) is 4.79 Å². The van der Waals surface area contributed by atoms with Crippen molar-refractivity contribution >= 4 is 24.0 Å². The van der Waals surface area contributed by atoms with E-state index >= 15 is 0 Å². The summed E-state index contributed by atoms with van der Waals surface area (Å²) in [5, 5.41) is 3.43. The van der Waals surface area contributed by atoms with Gasteiger partial charge in [-0.25, -0.2) is 0 Å². The highest BCUT2D eigenvalue weighted by Crippen LogP contribution is 2.31. The number of aryl methyl sites for hydroxylation is 2. The number of piperidine rings is 1. The molecule has 1 aromatic carbocycles. The average Bonchev–Trinajstić information content (AvgIpc) is 2.46. The second-order valence-electron chi connectivity index (χ2n) is 6.30. The molecule has 1 fully saturated rings. The fraction of sp³-hybridized carbons (Fsp3) is 0.588. The summed E-state index contributed by atoms with van der Waals surface area (Å²) in [5.74, 6) is 0.530. The average molecular weight is 309 g/mol. The summed E-state index contributed by atoms with van der Waals surface area (Å²) in [6.45, 7) is 6.12. The number of amides is 1. The summed E-state index contributed by atoms with van der Waals surface area (Å²) in [6.07, 6.45) is 4.13. The molecule has 2 aliphatic heterocycles. The zero-order valence-electron chi connectivity index (χ0n) is 12.9. The van der Waals surface area contributed by atoms with Crippen molar-refractivity contribution in [3.63, 3.8) is 0 Å². The SMILES string of the molecule is Cc1ccc2c(c1)N(C(=O)[C@H]1CCN[C@@H](C)C1)CCC2.Cl. The maximum atomic E-state index is 12.9. The van der Waals surface area contributed by atoms with Gasteiger partial charge < -0.3 is 10.2 Å². The Morgan fingerprint density at radius 2 is 2.19 bits per heavy atom. The largest absolute Gasteiger partial charge is 0.314 e. The van der Waals surface area contributed by atoms with E-state index in [2.05, 4.69) is 42.3 Å². The molecule has 0 bridgehead atoms. The number of fused-ring (bicyclic) bond motifs is 1. The topological polar surface area (TPSA) is 32.3 Å². The standard InChI is InChI=1S/C17H24N2O.ClH/c1-12-5-6-14-4-3-9-19(16(14)10-12)17(20)15-7-8-18-13(2)11-15;/h5-6,10,13,15,18H,3-4,7-9,11H2,1-2H3;1H/t13-,15-;/m0./s1. The Balaban J connectivity index is 0.00000161. The predicted molar refractivity (Wildman–Crippen MR) is 89.3 cm³/mol. The number of anilines is 1. The molecule has 1 aromatic rings. The van der Waals surface area contributed by atoms with Gasteiger partial charge in [0, 0.05) is 24.2 Å². The summed E-state index contributed by atoms with van der Waals surface area (Å²) >= 11 is 0.